The Balaban J connectivity index is 0.949. The van der Waals surface area contributed by atoms with Crippen molar-refractivity contribution in [1.82, 2.24) is 4.57 Å². The van der Waals surface area contributed by atoms with Crippen molar-refractivity contribution in [1.29, 1.82) is 0 Å². The van der Waals surface area contributed by atoms with Crippen LogP contribution in [0.5, 0.6) is 0 Å². The van der Waals surface area contributed by atoms with Crippen molar-refractivity contribution >= 4 is 54.7 Å². The molecular weight excluding hydrogens is 773 g/mol. The maximum absolute atomic E-state index is 2.53. The number of hydrogen-bond donors (Lipinski definition) is 0. The summed E-state index contributed by atoms with van der Waals surface area (Å²) < 4.78 is 2.40. The highest BCUT2D eigenvalue weighted by atomic mass is 15.2. The van der Waals surface area contributed by atoms with E-state index in [1.165, 1.54) is 82.3 Å². The van der Waals surface area contributed by atoms with Crippen LogP contribution >= 0.6 is 0 Å². The summed E-state index contributed by atoms with van der Waals surface area (Å²) in [5.41, 5.74) is 14.3. The van der Waals surface area contributed by atoms with Crippen LogP contribution in [0.15, 0.2) is 255 Å². The highest BCUT2D eigenvalue weighted by Gasteiger charge is 2.29. The van der Waals surface area contributed by atoms with Crippen molar-refractivity contribution in [2.45, 2.75) is 12.0 Å². The van der Waals surface area contributed by atoms with Crippen molar-refractivity contribution in [3.05, 3.63) is 260 Å². The van der Waals surface area contributed by atoms with Crippen LogP contribution in [0, 0.1) is 0 Å². The third-order valence-corrected chi connectivity index (χ3v) is 13.2. The van der Waals surface area contributed by atoms with Crippen LogP contribution < -0.4 is 4.90 Å². The molecule has 0 amide bonds. The Morgan fingerprint density at radius 1 is 0.328 bits per heavy atom. The third kappa shape index (κ3) is 6.68. The van der Waals surface area contributed by atoms with Gasteiger partial charge < -0.3 is 9.47 Å². The molecule has 1 aromatic heterocycles. The van der Waals surface area contributed by atoms with Gasteiger partial charge in [-0.15, -0.1) is 0 Å². The minimum atomic E-state index is 0.0200. The zero-order chi connectivity index (χ0) is 42.4. The lowest BCUT2D eigenvalue weighted by Gasteiger charge is -2.38. The average molecular weight is 817 g/mol. The second-order valence-electron chi connectivity index (χ2n) is 16.9. The molecule has 2 atom stereocenters. The Bertz CT molecular complexity index is 3500. The first-order valence-corrected chi connectivity index (χ1v) is 22.2. The first kappa shape index (κ1) is 37.6. The van der Waals surface area contributed by atoms with Gasteiger partial charge in [0.15, 0.2) is 0 Å². The molecule has 64 heavy (non-hydrogen) atoms. The maximum Gasteiger partial charge on any atom is 0.0628 e. The summed E-state index contributed by atoms with van der Waals surface area (Å²) in [4.78, 5) is 2.53. The lowest BCUT2D eigenvalue weighted by Crippen LogP contribution is -2.35. The van der Waals surface area contributed by atoms with Crippen molar-refractivity contribution in [2.75, 3.05) is 4.90 Å². The topological polar surface area (TPSA) is 8.17 Å². The number of nitrogens with zero attached hydrogens (tertiary/aromatic N) is 2. The molecule has 0 aliphatic heterocycles. The Morgan fingerprint density at radius 3 is 1.66 bits per heavy atom. The third-order valence-electron chi connectivity index (χ3n) is 13.2. The molecule has 10 aromatic carbocycles. The maximum atomic E-state index is 2.53. The molecule has 0 N–H and O–H groups in total. The lowest BCUT2D eigenvalue weighted by atomic mass is 9.85. The van der Waals surface area contributed by atoms with Gasteiger partial charge in [-0.3, -0.25) is 0 Å². The van der Waals surface area contributed by atoms with Gasteiger partial charge in [-0.25, -0.2) is 0 Å². The van der Waals surface area contributed by atoms with E-state index < -0.39 is 0 Å². The molecule has 1 aliphatic carbocycles. The summed E-state index contributed by atoms with van der Waals surface area (Å²) >= 11 is 0. The average Bonchev–Trinajstić information content (AvgIpc) is 3.71. The summed E-state index contributed by atoms with van der Waals surface area (Å²) in [7, 11) is 0. The number of fused-ring (bicyclic) bond motifs is 6. The van der Waals surface area contributed by atoms with E-state index in [0.717, 1.165) is 17.1 Å². The Kier molecular flexibility index (Phi) is 9.34. The molecule has 2 heteroatoms. The van der Waals surface area contributed by atoms with E-state index in [2.05, 4.69) is 264 Å². The quantitative estimate of drug-likeness (QED) is 0.139. The number of anilines is 2. The van der Waals surface area contributed by atoms with Gasteiger partial charge in [0.25, 0.3) is 0 Å². The predicted octanol–water partition coefficient (Wildman–Crippen LogP) is 16.5. The molecule has 11 aromatic rings. The predicted molar refractivity (Wildman–Crippen MR) is 272 cm³/mol. The van der Waals surface area contributed by atoms with Crippen molar-refractivity contribution in [2.24, 2.45) is 0 Å². The molecule has 1 heterocycles. The zero-order valence-electron chi connectivity index (χ0n) is 35.3. The number of para-hydroxylation sites is 2. The van der Waals surface area contributed by atoms with Crippen molar-refractivity contribution in [3.8, 4) is 39.1 Å². The van der Waals surface area contributed by atoms with E-state index in [4.69, 9.17) is 0 Å². The molecule has 0 radical (unpaired) electrons. The first-order valence-electron chi connectivity index (χ1n) is 22.2. The lowest BCUT2D eigenvalue weighted by molar-refractivity contribution is 0.690. The van der Waals surface area contributed by atoms with E-state index in [-0.39, 0.29) is 12.0 Å². The second kappa shape index (κ2) is 15.9. The summed E-state index contributed by atoms with van der Waals surface area (Å²) in [5.74, 6) is 0.118. The number of rotatable bonds is 8. The largest absolute Gasteiger partial charge is 0.334 e. The van der Waals surface area contributed by atoms with Crippen LogP contribution in [0.2, 0.25) is 0 Å². The van der Waals surface area contributed by atoms with E-state index in [9.17, 15) is 0 Å². The van der Waals surface area contributed by atoms with Crippen LogP contribution in [-0.4, -0.2) is 10.6 Å². The molecule has 0 spiro atoms. The van der Waals surface area contributed by atoms with Crippen LogP contribution in [0.3, 0.4) is 0 Å². The number of aromatic nitrogens is 1. The van der Waals surface area contributed by atoms with Crippen molar-refractivity contribution < 1.29 is 0 Å². The van der Waals surface area contributed by atoms with E-state index >= 15 is 0 Å². The van der Waals surface area contributed by atoms with Gasteiger partial charge in [0, 0.05) is 33.8 Å². The molecular formula is C62H44N2. The Morgan fingerprint density at radius 2 is 0.875 bits per heavy atom. The summed E-state index contributed by atoms with van der Waals surface area (Å²) in [6, 6.07) is 84.5. The standard InChI is InChI=1S/C62H44N2/c1-2-14-43(15-3-1)44-28-30-47(31-29-44)57-22-6-9-25-60(57)63(52-37-34-45(35-38-52)50-36-39-56-51(40-50)33-32-46-16-4-5-21-55(46)56)53-19-12-17-48(41-53)49-18-13-20-54(42-49)64-61-26-10-7-23-58(61)59-24-8-11-27-62(59)64/h1-42,57,60H. The second-order valence-corrected chi connectivity index (χ2v) is 16.9. The molecule has 12 rings (SSSR count). The molecule has 0 bridgehead atoms. The Hall–Kier alpha value is -8.20. The van der Waals surface area contributed by atoms with Crippen LogP contribution in [0.25, 0.3) is 82.4 Å². The normalized spacial score (nSPS) is 14.8. The molecule has 2 nitrogen and oxygen atoms in total. The highest BCUT2D eigenvalue weighted by Crippen LogP contribution is 2.41. The van der Waals surface area contributed by atoms with Gasteiger partial charge in [0.05, 0.1) is 17.1 Å². The smallest absolute Gasteiger partial charge is 0.0628 e. The molecule has 0 saturated heterocycles. The van der Waals surface area contributed by atoms with Crippen LogP contribution in [0.4, 0.5) is 11.4 Å². The van der Waals surface area contributed by atoms with Crippen molar-refractivity contribution in [3.63, 3.8) is 0 Å². The summed E-state index contributed by atoms with van der Waals surface area (Å²) in [6.45, 7) is 0. The number of hydrogen-bond acceptors (Lipinski definition) is 1. The Labute approximate surface area is 373 Å². The first-order chi connectivity index (χ1) is 31.7. The summed E-state index contributed by atoms with van der Waals surface area (Å²) in [5, 5.41) is 7.62. The van der Waals surface area contributed by atoms with Gasteiger partial charge in [-0.05, 0) is 115 Å². The van der Waals surface area contributed by atoms with E-state index in [1.807, 2.05) is 0 Å². The van der Waals surface area contributed by atoms with Crippen LogP contribution in [-0.2, 0) is 0 Å². The van der Waals surface area contributed by atoms with Crippen LogP contribution in [0.1, 0.15) is 11.5 Å². The molecule has 2 unspecified atom stereocenters. The fraction of sp³-hybridized carbons (Fsp3) is 0.0323. The number of allylic oxidation sites excluding steroid dienone is 2. The SMILES string of the molecule is C1=CC(c2ccc(-c3ccccc3)cc2)C(N(c2ccc(-c3ccc4c(ccc5ccccc54)c3)cc2)c2cccc(-c3cccc(-n4c5ccccc5c5ccccc54)c3)c2)C=C1. The fourth-order valence-electron chi connectivity index (χ4n) is 10.0. The minimum Gasteiger partial charge on any atom is -0.334 e. The monoisotopic (exact) mass is 816 g/mol. The minimum absolute atomic E-state index is 0.0200. The van der Waals surface area contributed by atoms with E-state index in [1.54, 1.807) is 0 Å². The van der Waals surface area contributed by atoms with Gasteiger partial charge in [0.2, 0.25) is 0 Å². The number of benzene rings is 10. The van der Waals surface area contributed by atoms with Gasteiger partial charge in [-0.1, -0.05) is 200 Å². The highest BCUT2D eigenvalue weighted by molar-refractivity contribution is 6.10. The van der Waals surface area contributed by atoms with Gasteiger partial charge in [-0.2, -0.15) is 0 Å². The molecule has 0 fully saturated rings. The van der Waals surface area contributed by atoms with E-state index in [0.29, 0.717) is 0 Å². The molecule has 0 saturated carbocycles. The summed E-state index contributed by atoms with van der Waals surface area (Å²) in [6.07, 6.45) is 9.14. The fourth-order valence-corrected chi connectivity index (χ4v) is 10.0. The molecule has 1 aliphatic rings. The zero-order valence-corrected chi connectivity index (χ0v) is 35.3. The molecule has 302 valence electrons. The van der Waals surface area contributed by atoms with Gasteiger partial charge in [0.1, 0.15) is 0 Å². The van der Waals surface area contributed by atoms with Gasteiger partial charge >= 0.3 is 0 Å².